The van der Waals surface area contributed by atoms with Gasteiger partial charge in [0, 0.05) is 6.20 Å². The Balaban J connectivity index is 2.23. The van der Waals surface area contributed by atoms with Gasteiger partial charge in [-0.25, -0.2) is 0 Å². The van der Waals surface area contributed by atoms with Crippen molar-refractivity contribution in [1.29, 1.82) is 0 Å². The summed E-state index contributed by atoms with van der Waals surface area (Å²) in [5.41, 5.74) is 3.20. The summed E-state index contributed by atoms with van der Waals surface area (Å²) in [7, 11) is 0. The number of aliphatic hydroxyl groups excluding tert-OH is 1. The number of nitrogens with zero attached hydrogens (tertiary/aromatic N) is 1. The van der Waals surface area contributed by atoms with Crippen LogP contribution in [0.1, 0.15) is 11.3 Å². The molecule has 1 aromatic carbocycles. The Morgan fingerprint density at radius 1 is 1.06 bits per heavy atom. The largest absolute Gasteiger partial charge is 0.392 e. The van der Waals surface area contributed by atoms with E-state index in [1.807, 2.05) is 42.5 Å². The van der Waals surface area contributed by atoms with E-state index < -0.39 is 0 Å². The van der Waals surface area contributed by atoms with Gasteiger partial charge >= 0.3 is 0 Å². The van der Waals surface area contributed by atoms with E-state index in [1.165, 1.54) is 5.56 Å². The number of rotatable bonds is 4. The van der Waals surface area contributed by atoms with E-state index in [1.54, 1.807) is 6.20 Å². The molecule has 1 aromatic heterocycles. The molecule has 2 aromatic rings. The average Bonchev–Trinajstić information content (AvgIpc) is 2.40. The Labute approximate surface area is 101 Å². The Hall–Kier alpha value is -1.93. The van der Waals surface area contributed by atoms with Gasteiger partial charge in [-0.2, -0.15) is 0 Å². The average molecular weight is 225 g/mol. The fourth-order valence-electron chi connectivity index (χ4n) is 1.75. The minimum atomic E-state index is 0.0404. The summed E-state index contributed by atoms with van der Waals surface area (Å²) < 4.78 is 0. The van der Waals surface area contributed by atoms with Crippen LogP contribution in [0.15, 0.2) is 60.8 Å². The maximum absolute atomic E-state index is 9.07. The molecule has 0 bridgehead atoms. The highest BCUT2D eigenvalue weighted by molar-refractivity contribution is 5.64. The van der Waals surface area contributed by atoms with Crippen molar-refractivity contribution < 1.29 is 5.11 Å². The van der Waals surface area contributed by atoms with Gasteiger partial charge in [0.2, 0.25) is 0 Å². The van der Waals surface area contributed by atoms with E-state index in [2.05, 4.69) is 17.1 Å². The van der Waals surface area contributed by atoms with E-state index in [4.69, 9.17) is 5.11 Å². The summed E-state index contributed by atoms with van der Waals surface area (Å²) in [6.07, 6.45) is 4.37. The predicted molar refractivity (Wildman–Crippen MR) is 69.4 cm³/mol. The fourth-order valence-corrected chi connectivity index (χ4v) is 1.75. The highest BCUT2D eigenvalue weighted by atomic mass is 16.2. The molecule has 1 heterocycles. The molecule has 0 atom stereocenters. The molecule has 0 fully saturated rings. The lowest BCUT2D eigenvalue weighted by molar-refractivity contribution is 0.343. The Morgan fingerprint density at radius 2 is 1.82 bits per heavy atom. The molecule has 0 saturated heterocycles. The second-order valence-corrected chi connectivity index (χ2v) is 3.79. The summed E-state index contributed by atoms with van der Waals surface area (Å²) in [6.45, 7) is 0.0404. The maximum atomic E-state index is 9.07. The summed E-state index contributed by atoms with van der Waals surface area (Å²) in [4.78, 5) is 4.31. The van der Waals surface area contributed by atoms with Gasteiger partial charge in [0.15, 0.2) is 0 Å². The number of aromatic nitrogens is 1. The molecule has 2 heteroatoms. The molecule has 2 nitrogen and oxygen atoms in total. The van der Waals surface area contributed by atoms with Crippen molar-refractivity contribution in [2.45, 2.75) is 6.42 Å². The lowest BCUT2D eigenvalue weighted by Crippen LogP contribution is -1.94. The van der Waals surface area contributed by atoms with Crippen molar-refractivity contribution >= 4 is 5.57 Å². The van der Waals surface area contributed by atoms with Crippen molar-refractivity contribution in [1.82, 2.24) is 4.98 Å². The number of benzene rings is 1. The van der Waals surface area contributed by atoms with E-state index in [9.17, 15) is 0 Å². The first-order valence-electron chi connectivity index (χ1n) is 5.65. The Kier molecular flexibility index (Phi) is 4.05. The highest BCUT2D eigenvalue weighted by Gasteiger charge is 2.03. The molecular weight excluding hydrogens is 210 g/mol. The third-order valence-corrected chi connectivity index (χ3v) is 2.57. The molecule has 17 heavy (non-hydrogen) atoms. The number of allylic oxidation sites excluding steroid dienone is 1. The Bertz CT molecular complexity index is 477. The number of hydrogen-bond donors (Lipinski definition) is 1. The maximum Gasteiger partial charge on any atom is 0.0662 e. The first kappa shape index (κ1) is 11.6. The third kappa shape index (κ3) is 3.26. The number of aliphatic hydroxyl groups is 1. The SMILES string of the molecule is OC/C=C(/Cc1ccccc1)c1ccccn1. The van der Waals surface area contributed by atoms with E-state index in [-0.39, 0.29) is 6.61 Å². The van der Waals surface area contributed by atoms with Crippen molar-refractivity contribution in [2.75, 3.05) is 6.61 Å². The smallest absolute Gasteiger partial charge is 0.0662 e. The zero-order chi connectivity index (χ0) is 11.9. The van der Waals surface area contributed by atoms with Gasteiger partial charge in [-0.1, -0.05) is 42.5 Å². The predicted octanol–water partition coefficient (Wildman–Crippen LogP) is 2.70. The van der Waals surface area contributed by atoms with Crippen LogP contribution in [0, 0.1) is 0 Å². The standard InChI is InChI=1S/C15H15NO/c17-11-9-14(15-8-4-5-10-16-15)12-13-6-2-1-3-7-13/h1-10,17H,11-12H2/b14-9-. The van der Waals surface area contributed by atoms with Crippen molar-refractivity contribution in [3.8, 4) is 0 Å². The molecule has 86 valence electrons. The van der Waals surface area contributed by atoms with Gasteiger partial charge in [0.25, 0.3) is 0 Å². The summed E-state index contributed by atoms with van der Waals surface area (Å²) >= 11 is 0. The van der Waals surface area contributed by atoms with Crippen LogP contribution in [0.2, 0.25) is 0 Å². The van der Waals surface area contributed by atoms with Crippen LogP contribution in [-0.4, -0.2) is 16.7 Å². The van der Waals surface area contributed by atoms with Crippen LogP contribution in [0.3, 0.4) is 0 Å². The van der Waals surface area contributed by atoms with Gasteiger partial charge in [0.05, 0.1) is 12.3 Å². The number of hydrogen-bond acceptors (Lipinski definition) is 2. The molecule has 0 aliphatic carbocycles. The van der Waals surface area contributed by atoms with Crippen LogP contribution in [0.4, 0.5) is 0 Å². The van der Waals surface area contributed by atoms with Crippen molar-refractivity contribution in [2.24, 2.45) is 0 Å². The van der Waals surface area contributed by atoms with Crippen LogP contribution >= 0.6 is 0 Å². The quantitative estimate of drug-likeness (QED) is 0.867. The van der Waals surface area contributed by atoms with Gasteiger partial charge in [-0.05, 0) is 29.7 Å². The topological polar surface area (TPSA) is 33.1 Å². The van der Waals surface area contributed by atoms with Gasteiger partial charge < -0.3 is 5.11 Å². The van der Waals surface area contributed by atoms with Crippen LogP contribution in [0.25, 0.3) is 5.57 Å². The van der Waals surface area contributed by atoms with Crippen molar-refractivity contribution in [3.63, 3.8) is 0 Å². The molecule has 0 aliphatic rings. The first-order valence-corrected chi connectivity index (χ1v) is 5.65. The normalized spacial score (nSPS) is 11.5. The van der Waals surface area contributed by atoms with Gasteiger partial charge in [-0.3, -0.25) is 4.98 Å². The van der Waals surface area contributed by atoms with Crippen LogP contribution < -0.4 is 0 Å². The molecule has 0 radical (unpaired) electrons. The molecule has 0 spiro atoms. The van der Waals surface area contributed by atoms with E-state index >= 15 is 0 Å². The summed E-state index contributed by atoms with van der Waals surface area (Å²) in [6, 6.07) is 16.0. The Morgan fingerprint density at radius 3 is 2.47 bits per heavy atom. The molecule has 0 aliphatic heterocycles. The minimum absolute atomic E-state index is 0.0404. The van der Waals surface area contributed by atoms with Crippen molar-refractivity contribution in [3.05, 3.63) is 72.1 Å². The monoisotopic (exact) mass is 225 g/mol. The number of pyridine rings is 1. The third-order valence-electron chi connectivity index (χ3n) is 2.57. The van der Waals surface area contributed by atoms with Gasteiger partial charge in [-0.15, -0.1) is 0 Å². The molecule has 0 saturated carbocycles. The van der Waals surface area contributed by atoms with Gasteiger partial charge in [0.1, 0.15) is 0 Å². The first-order chi connectivity index (χ1) is 8.40. The molecule has 1 N–H and O–H groups in total. The van der Waals surface area contributed by atoms with E-state index in [0.717, 1.165) is 17.7 Å². The fraction of sp³-hybridized carbons (Fsp3) is 0.133. The summed E-state index contributed by atoms with van der Waals surface area (Å²) in [5.74, 6) is 0. The van der Waals surface area contributed by atoms with E-state index in [0.29, 0.717) is 0 Å². The molecule has 0 unspecified atom stereocenters. The second kappa shape index (κ2) is 5.97. The second-order valence-electron chi connectivity index (χ2n) is 3.79. The van der Waals surface area contributed by atoms with Crippen LogP contribution in [-0.2, 0) is 6.42 Å². The molecule has 2 rings (SSSR count). The highest BCUT2D eigenvalue weighted by Crippen LogP contribution is 2.17. The lowest BCUT2D eigenvalue weighted by Gasteiger charge is -2.06. The summed E-state index contributed by atoms with van der Waals surface area (Å²) in [5, 5.41) is 9.07. The molecule has 0 amide bonds. The minimum Gasteiger partial charge on any atom is -0.392 e. The lowest BCUT2D eigenvalue weighted by atomic mass is 10.0. The molecular formula is C15H15NO. The zero-order valence-electron chi connectivity index (χ0n) is 9.58. The zero-order valence-corrected chi connectivity index (χ0v) is 9.58. The van der Waals surface area contributed by atoms with Crippen LogP contribution in [0.5, 0.6) is 0 Å².